The van der Waals surface area contributed by atoms with Gasteiger partial charge in [-0.25, -0.2) is 0 Å². The van der Waals surface area contributed by atoms with Crippen molar-refractivity contribution in [3.63, 3.8) is 0 Å². The van der Waals surface area contributed by atoms with Crippen molar-refractivity contribution in [2.75, 3.05) is 6.54 Å². The highest BCUT2D eigenvalue weighted by Crippen LogP contribution is 2.03. The molecule has 2 unspecified atom stereocenters. The standard InChI is InChI=1S/C8H18N2/c1-3-7(2)10-8-5-4-6-9-8/h7-10H,3-6H2,1-2H3. The largest absolute Gasteiger partial charge is 0.302 e. The molecule has 1 aliphatic rings. The van der Waals surface area contributed by atoms with Crippen molar-refractivity contribution in [2.24, 2.45) is 0 Å². The summed E-state index contributed by atoms with van der Waals surface area (Å²) in [6.07, 6.45) is 4.44. The molecule has 0 bridgehead atoms. The molecule has 1 saturated heterocycles. The Morgan fingerprint density at radius 3 is 3.00 bits per heavy atom. The molecule has 0 aromatic carbocycles. The number of nitrogens with one attached hydrogen (secondary N) is 2. The van der Waals surface area contributed by atoms with Crippen LogP contribution in [0.5, 0.6) is 0 Å². The van der Waals surface area contributed by atoms with Crippen molar-refractivity contribution >= 4 is 0 Å². The van der Waals surface area contributed by atoms with Gasteiger partial charge in [0.05, 0.1) is 6.17 Å². The molecule has 10 heavy (non-hydrogen) atoms. The van der Waals surface area contributed by atoms with Crippen molar-refractivity contribution in [1.29, 1.82) is 0 Å². The molecule has 0 radical (unpaired) electrons. The van der Waals surface area contributed by atoms with E-state index in [2.05, 4.69) is 24.5 Å². The lowest BCUT2D eigenvalue weighted by Crippen LogP contribution is -2.42. The summed E-state index contributed by atoms with van der Waals surface area (Å²) in [7, 11) is 0. The molecule has 0 spiro atoms. The van der Waals surface area contributed by atoms with Crippen LogP contribution in [0.1, 0.15) is 33.1 Å². The molecule has 2 heteroatoms. The average molecular weight is 142 g/mol. The van der Waals surface area contributed by atoms with Gasteiger partial charge in [0.25, 0.3) is 0 Å². The summed E-state index contributed by atoms with van der Waals surface area (Å²) in [5, 5.41) is 6.93. The van der Waals surface area contributed by atoms with Crippen LogP contribution in [-0.4, -0.2) is 18.8 Å². The third-order valence-electron chi connectivity index (χ3n) is 2.16. The highest BCUT2D eigenvalue weighted by molar-refractivity contribution is 4.74. The second kappa shape index (κ2) is 3.94. The summed E-state index contributed by atoms with van der Waals surface area (Å²) in [5.74, 6) is 0. The maximum Gasteiger partial charge on any atom is 0.0574 e. The lowest BCUT2D eigenvalue weighted by molar-refractivity contribution is 0.414. The summed E-state index contributed by atoms with van der Waals surface area (Å²) in [4.78, 5) is 0. The highest BCUT2D eigenvalue weighted by Gasteiger charge is 2.14. The fraction of sp³-hybridized carbons (Fsp3) is 1.00. The fourth-order valence-corrected chi connectivity index (χ4v) is 1.29. The highest BCUT2D eigenvalue weighted by atomic mass is 15.1. The van der Waals surface area contributed by atoms with Crippen LogP contribution in [0.3, 0.4) is 0 Å². The molecule has 0 amide bonds. The van der Waals surface area contributed by atoms with Gasteiger partial charge >= 0.3 is 0 Å². The van der Waals surface area contributed by atoms with Crippen LogP contribution < -0.4 is 10.6 Å². The molecule has 2 atom stereocenters. The number of hydrogen-bond donors (Lipinski definition) is 2. The average Bonchev–Trinajstić information content (AvgIpc) is 2.40. The van der Waals surface area contributed by atoms with Crippen molar-refractivity contribution in [2.45, 2.75) is 45.3 Å². The Kier molecular flexibility index (Phi) is 3.16. The first-order chi connectivity index (χ1) is 4.83. The van der Waals surface area contributed by atoms with Crippen molar-refractivity contribution < 1.29 is 0 Å². The quantitative estimate of drug-likeness (QED) is 0.616. The van der Waals surface area contributed by atoms with Gasteiger partial charge in [0, 0.05) is 6.04 Å². The molecule has 1 aliphatic heterocycles. The summed E-state index contributed by atoms with van der Waals surface area (Å²) in [6, 6.07) is 0.663. The molecule has 2 N–H and O–H groups in total. The third-order valence-corrected chi connectivity index (χ3v) is 2.16. The first-order valence-electron chi connectivity index (χ1n) is 4.32. The van der Waals surface area contributed by atoms with Gasteiger partial charge < -0.3 is 5.32 Å². The Labute approximate surface area is 63.4 Å². The maximum absolute atomic E-state index is 3.52. The van der Waals surface area contributed by atoms with Crippen LogP contribution in [-0.2, 0) is 0 Å². The van der Waals surface area contributed by atoms with Gasteiger partial charge in [-0.2, -0.15) is 0 Å². The summed E-state index contributed by atoms with van der Waals surface area (Å²) in [5.41, 5.74) is 0. The molecular weight excluding hydrogens is 124 g/mol. The van der Waals surface area contributed by atoms with Crippen LogP contribution in [0.15, 0.2) is 0 Å². The fourth-order valence-electron chi connectivity index (χ4n) is 1.29. The van der Waals surface area contributed by atoms with E-state index in [1.807, 2.05) is 0 Å². The molecule has 0 aliphatic carbocycles. The molecule has 0 saturated carbocycles. The van der Waals surface area contributed by atoms with Crippen LogP contribution in [0, 0.1) is 0 Å². The summed E-state index contributed by atoms with van der Waals surface area (Å²) >= 11 is 0. The minimum atomic E-state index is 0.593. The van der Waals surface area contributed by atoms with Gasteiger partial charge in [0.15, 0.2) is 0 Å². The zero-order valence-corrected chi connectivity index (χ0v) is 6.98. The zero-order valence-electron chi connectivity index (χ0n) is 6.98. The Balaban J connectivity index is 2.11. The first-order valence-corrected chi connectivity index (χ1v) is 4.32. The van der Waals surface area contributed by atoms with Gasteiger partial charge in [0.1, 0.15) is 0 Å². The number of hydrogen-bond acceptors (Lipinski definition) is 2. The van der Waals surface area contributed by atoms with Crippen LogP contribution >= 0.6 is 0 Å². The Hall–Kier alpha value is -0.0800. The molecule has 1 rings (SSSR count). The molecule has 2 nitrogen and oxygen atoms in total. The van der Waals surface area contributed by atoms with E-state index in [1.54, 1.807) is 0 Å². The van der Waals surface area contributed by atoms with E-state index in [9.17, 15) is 0 Å². The molecular formula is C8H18N2. The Morgan fingerprint density at radius 2 is 2.50 bits per heavy atom. The van der Waals surface area contributed by atoms with Crippen molar-refractivity contribution in [3.05, 3.63) is 0 Å². The molecule has 1 heterocycles. The van der Waals surface area contributed by atoms with Gasteiger partial charge in [0.2, 0.25) is 0 Å². The van der Waals surface area contributed by atoms with E-state index in [1.165, 1.54) is 25.8 Å². The summed E-state index contributed by atoms with van der Waals surface area (Å²) < 4.78 is 0. The smallest absolute Gasteiger partial charge is 0.0574 e. The van der Waals surface area contributed by atoms with Gasteiger partial charge in [-0.05, 0) is 32.7 Å². The number of rotatable bonds is 3. The minimum Gasteiger partial charge on any atom is -0.302 e. The van der Waals surface area contributed by atoms with Crippen LogP contribution in [0.25, 0.3) is 0 Å². The zero-order chi connectivity index (χ0) is 7.40. The Morgan fingerprint density at radius 1 is 1.70 bits per heavy atom. The Bertz CT molecular complexity index is 87.3. The van der Waals surface area contributed by atoms with Gasteiger partial charge in [-0.15, -0.1) is 0 Å². The van der Waals surface area contributed by atoms with Crippen LogP contribution in [0.2, 0.25) is 0 Å². The van der Waals surface area contributed by atoms with E-state index >= 15 is 0 Å². The molecule has 0 aromatic heterocycles. The monoisotopic (exact) mass is 142 g/mol. The molecule has 60 valence electrons. The van der Waals surface area contributed by atoms with Gasteiger partial charge in [-0.3, -0.25) is 5.32 Å². The SMILES string of the molecule is CCC(C)NC1CCCN1. The van der Waals surface area contributed by atoms with E-state index in [0.717, 1.165) is 0 Å². The lowest BCUT2D eigenvalue weighted by atomic mass is 10.2. The minimum absolute atomic E-state index is 0.593. The van der Waals surface area contributed by atoms with E-state index in [4.69, 9.17) is 0 Å². The van der Waals surface area contributed by atoms with Crippen molar-refractivity contribution in [3.8, 4) is 0 Å². The van der Waals surface area contributed by atoms with E-state index in [-0.39, 0.29) is 0 Å². The van der Waals surface area contributed by atoms with Crippen LogP contribution in [0.4, 0.5) is 0 Å². The second-order valence-corrected chi connectivity index (χ2v) is 3.12. The van der Waals surface area contributed by atoms with E-state index < -0.39 is 0 Å². The lowest BCUT2D eigenvalue weighted by Gasteiger charge is -2.17. The predicted octanol–water partition coefficient (Wildman–Crippen LogP) is 1.08. The third kappa shape index (κ3) is 2.27. The molecule has 0 aromatic rings. The topological polar surface area (TPSA) is 24.1 Å². The first kappa shape index (κ1) is 8.02. The van der Waals surface area contributed by atoms with Crippen molar-refractivity contribution in [1.82, 2.24) is 10.6 Å². The normalized spacial score (nSPS) is 28.8. The maximum atomic E-state index is 3.52. The predicted molar refractivity (Wildman–Crippen MR) is 43.9 cm³/mol. The van der Waals surface area contributed by atoms with E-state index in [0.29, 0.717) is 12.2 Å². The molecule has 1 fully saturated rings. The second-order valence-electron chi connectivity index (χ2n) is 3.12. The van der Waals surface area contributed by atoms with Gasteiger partial charge in [-0.1, -0.05) is 6.92 Å². The summed E-state index contributed by atoms with van der Waals surface area (Å²) in [6.45, 7) is 5.64.